The minimum Gasteiger partial charge on any atom is -0.396 e. The van der Waals surface area contributed by atoms with Crippen molar-refractivity contribution in [2.24, 2.45) is 5.10 Å². The van der Waals surface area contributed by atoms with E-state index in [0.717, 1.165) is 5.56 Å². The normalized spacial score (nSPS) is 11.3. The van der Waals surface area contributed by atoms with E-state index in [1.807, 2.05) is 12.1 Å². The standard InChI is InChI=1S/C17H22N4O2/c1-11(2)14-6-4-13(5-7-14)10-18-21-17-19-12(3)15(8-9-22)16(23)20-17/h4-7,10-11,22H,8-9H2,1-3H3,(H2,19,20,21,23)/b18-10-. The Morgan fingerprint density at radius 3 is 2.61 bits per heavy atom. The van der Waals surface area contributed by atoms with Gasteiger partial charge in [0.05, 0.1) is 11.9 Å². The summed E-state index contributed by atoms with van der Waals surface area (Å²) in [5.41, 5.74) is 5.77. The highest BCUT2D eigenvalue weighted by atomic mass is 16.3. The van der Waals surface area contributed by atoms with Crippen LogP contribution in [0.4, 0.5) is 5.95 Å². The summed E-state index contributed by atoms with van der Waals surface area (Å²) in [6, 6.07) is 8.12. The van der Waals surface area contributed by atoms with Crippen molar-refractivity contribution in [1.29, 1.82) is 0 Å². The van der Waals surface area contributed by atoms with Crippen LogP contribution in [0.2, 0.25) is 0 Å². The van der Waals surface area contributed by atoms with Gasteiger partial charge in [-0.15, -0.1) is 0 Å². The Morgan fingerprint density at radius 1 is 1.35 bits per heavy atom. The Bertz CT molecular complexity index is 733. The summed E-state index contributed by atoms with van der Waals surface area (Å²) in [5.74, 6) is 0.776. The van der Waals surface area contributed by atoms with Gasteiger partial charge in [-0.3, -0.25) is 9.78 Å². The zero-order chi connectivity index (χ0) is 16.8. The number of hydrazone groups is 1. The van der Waals surface area contributed by atoms with E-state index in [2.05, 4.69) is 46.5 Å². The predicted octanol–water partition coefficient (Wildman–Crippen LogP) is 2.18. The SMILES string of the molecule is Cc1nc(N/N=C\c2ccc(C(C)C)cc2)[nH]c(=O)c1CCO. The van der Waals surface area contributed by atoms with Gasteiger partial charge >= 0.3 is 0 Å². The molecule has 0 fully saturated rings. The lowest BCUT2D eigenvalue weighted by atomic mass is 10.0. The van der Waals surface area contributed by atoms with E-state index in [4.69, 9.17) is 5.11 Å². The zero-order valence-electron chi connectivity index (χ0n) is 13.6. The van der Waals surface area contributed by atoms with Gasteiger partial charge in [0.25, 0.3) is 5.56 Å². The van der Waals surface area contributed by atoms with Gasteiger partial charge in [0, 0.05) is 18.6 Å². The Hall–Kier alpha value is -2.47. The quantitative estimate of drug-likeness (QED) is 0.563. The molecule has 0 atom stereocenters. The van der Waals surface area contributed by atoms with Crippen LogP contribution in [-0.4, -0.2) is 27.9 Å². The van der Waals surface area contributed by atoms with Crippen molar-refractivity contribution in [2.45, 2.75) is 33.1 Å². The molecule has 1 aromatic heterocycles. The third-order valence-electron chi connectivity index (χ3n) is 3.57. The summed E-state index contributed by atoms with van der Waals surface area (Å²) in [6.45, 7) is 5.95. The molecule has 2 rings (SSSR count). The van der Waals surface area contributed by atoms with Crippen LogP contribution in [0.3, 0.4) is 0 Å². The Morgan fingerprint density at radius 2 is 2.04 bits per heavy atom. The number of nitrogens with one attached hydrogen (secondary N) is 2. The van der Waals surface area contributed by atoms with Crippen LogP contribution in [0, 0.1) is 6.92 Å². The summed E-state index contributed by atoms with van der Waals surface area (Å²) in [7, 11) is 0. The maximum atomic E-state index is 11.9. The van der Waals surface area contributed by atoms with Crippen molar-refractivity contribution in [3.63, 3.8) is 0 Å². The summed E-state index contributed by atoms with van der Waals surface area (Å²) in [5, 5.41) is 13.0. The molecule has 0 amide bonds. The number of hydrogen-bond acceptors (Lipinski definition) is 5. The number of rotatable bonds is 6. The molecular weight excluding hydrogens is 292 g/mol. The number of aromatic amines is 1. The molecule has 0 radical (unpaired) electrons. The van der Waals surface area contributed by atoms with Crippen LogP contribution in [0.1, 0.15) is 42.1 Å². The fourth-order valence-electron chi connectivity index (χ4n) is 2.20. The number of H-pyrrole nitrogens is 1. The minimum absolute atomic E-state index is 0.0805. The number of hydrogen-bond donors (Lipinski definition) is 3. The van der Waals surface area contributed by atoms with E-state index in [9.17, 15) is 4.79 Å². The number of aromatic nitrogens is 2. The third-order valence-corrected chi connectivity index (χ3v) is 3.57. The molecule has 0 spiro atoms. The topological polar surface area (TPSA) is 90.4 Å². The van der Waals surface area contributed by atoms with Gasteiger partial charge in [-0.2, -0.15) is 5.10 Å². The van der Waals surface area contributed by atoms with Crippen molar-refractivity contribution >= 4 is 12.2 Å². The maximum Gasteiger partial charge on any atom is 0.255 e. The second-order valence-corrected chi connectivity index (χ2v) is 5.64. The highest BCUT2D eigenvalue weighted by molar-refractivity contribution is 5.80. The molecule has 0 bridgehead atoms. The largest absolute Gasteiger partial charge is 0.396 e. The Kier molecular flexibility index (Phi) is 5.65. The average molecular weight is 314 g/mol. The Balaban J connectivity index is 2.07. The number of anilines is 1. The molecular formula is C17H22N4O2. The summed E-state index contributed by atoms with van der Waals surface area (Å²) in [6.07, 6.45) is 1.96. The van der Waals surface area contributed by atoms with Crippen molar-refractivity contribution in [2.75, 3.05) is 12.0 Å². The van der Waals surface area contributed by atoms with Gasteiger partial charge in [-0.1, -0.05) is 38.1 Å². The van der Waals surface area contributed by atoms with Crippen LogP contribution in [-0.2, 0) is 6.42 Å². The highest BCUT2D eigenvalue weighted by Crippen LogP contribution is 2.13. The molecule has 0 saturated carbocycles. The molecule has 0 aliphatic carbocycles. The number of nitrogens with zero attached hydrogens (tertiary/aromatic N) is 2. The first kappa shape index (κ1) is 16.9. The number of aliphatic hydroxyl groups excluding tert-OH is 1. The van der Waals surface area contributed by atoms with Crippen molar-refractivity contribution in [3.8, 4) is 0 Å². The molecule has 0 aliphatic heterocycles. The molecule has 1 heterocycles. The highest BCUT2D eigenvalue weighted by Gasteiger charge is 2.06. The summed E-state index contributed by atoms with van der Waals surface area (Å²) >= 11 is 0. The van der Waals surface area contributed by atoms with E-state index in [0.29, 0.717) is 23.6 Å². The number of aryl methyl sites for hydroxylation is 1. The van der Waals surface area contributed by atoms with Gasteiger partial charge in [0.15, 0.2) is 0 Å². The molecule has 3 N–H and O–H groups in total. The number of benzene rings is 1. The lowest BCUT2D eigenvalue weighted by Crippen LogP contribution is -2.19. The smallest absolute Gasteiger partial charge is 0.255 e. The zero-order valence-corrected chi connectivity index (χ0v) is 13.6. The van der Waals surface area contributed by atoms with Crippen LogP contribution in [0.5, 0.6) is 0 Å². The van der Waals surface area contributed by atoms with E-state index >= 15 is 0 Å². The molecule has 0 saturated heterocycles. The molecule has 1 aromatic carbocycles. The van der Waals surface area contributed by atoms with Gasteiger partial charge in [-0.05, 0) is 24.0 Å². The van der Waals surface area contributed by atoms with Gasteiger partial charge in [0.1, 0.15) is 0 Å². The van der Waals surface area contributed by atoms with Gasteiger partial charge in [-0.25, -0.2) is 10.4 Å². The van der Waals surface area contributed by atoms with E-state index in [1.165, 1.54) is 5.56 Å². The second kappa shape index (κ2) is 7.69. The molecule has 6 nitrogen and oxygen atoms in total. The minimum atomic E-state index is -0.259. The van der Waals surface area contributed by atoms with E-state index < -0.39 is 0 Å². The maximum absolute atomic E-state index is 11.9. The van der Waals surface area contributed by atoms with Gasteiger partial charge < -0.3 is 5.11 Å². The lowest BCUT2D eigenvalue weighted by molar-refractivity contribution is 0.298. The summed E-state index contributed by atoms with van der Waals surface area (Å²) in [4.78, 5) is 18.7. The predicted molar refractivity (Wildman–Crippen MR) is 92.1 cm³/mol. The molecule has 23 heavy (non-hydrogen) atoms. The third kappa shape index (κ3) is 4.50. The van der Waals surface area contributed by atoms with Crippen LogP contribution in [0.25, 0.3) is 0 Å². The molecule has 122 valence electrons. The van der Waals surface area contributed by atoms with E-state index in [-0.39, 0.29) is 18.1 Å². The average Bonchev–Trinajstić information content (AvgIpc) is 2.51. The molecule has 6 heteroatoms. The summed E-state index contributed by atoms with van der Waals surface area (Å²) < 4.78 is 0. The molecule has 2 aromatic rings. The van der Waals surface area contributed by atoms with Crippen LogP contribution in [0.15, 0.2) is 34.2 Å². The van der Waals surface area contributed by atoms with E-state index in [1.54, 1.807) is 13.1 Å². The fraction of sp³-hybridized carbons (Fsp3) is 0.353. The monoisotopic (exact) mass is 314 g/mol. The first-order valence-electron chi connectivity index (χ1n) is 7.61. The van der Waals surface area contributed by atoms with Crippen molar-refractivity contribution in [1.82, 2.24) is 9.97 Å². The number of aliphatic hydroxyl groups is 1. The van der Waals surface area contributed by atoms with Gasteiger partial charge in [0.2, 0.25) is 5.95 Å². The Labute approximate surface area is 135 Å². The molecule has 0 aliphatic rings. The lowest BCUT2D eigenvalue weighted by Gasteiger charge is -2.06. The molecule has 0 unspecified atom stereocenters. The first-order valence-corrected chi connectivity index (χ1v) is 7.61. The first-order chi connectivity index (χ1) is 11.0. The van der Waals surface area contributed by atoms with Crippen LogP contribution < -0.4 is 11.0 Å². The van der Waals surface area contributed by atoms with Crippen LogP contribution >= 0.6 is 0 Å². The van der Waals surface area contributed by atoms with Crippen molar-refractivity contribution < 1.29 is 5.11 Å². The second-order valence-electron chi connectivity index (χ2n) is 5.64. The fourth-order valence-corrected chi connectivity index (χ4v) is 2.20. The van der Waals surface area contributed by atoms with Crippen molar-refractivity contribution in [3.05, 3.63) is 57.0 Å².